The maximum absolute atomic E-state index is 8.51. The molecule has 0 aliphatic rings. The van der Waals surface area contributed by atoms with E-state index in [1.807, 2.05) is 22.9 Å². The lowest BCUT2D eigenvalue weighted by Gasteiger charge is -1.89. The smallest absolute Gasteiger partial charge is 0.153 e. The van der Waals surface area contributed by atoms with Gasteiger partial charge in [0.05, 0.1) is 16.6 Å². The highest BCUT2D eigenvalue weighted by atomic mass is 32.2. The number of thiophene rings is 1. The summed E-state index contributed by atoms with van der Waals surface area (Å²) in [6, 6.07) is 3.93. The second-order valence-electron chi connectivity index (χ2n) is 2.09. The molecule has 2 rings (SSSR count). The van der Waals surface area contributed by atoms with Gasteiger partial charge in [-0.25, -0.2) is 0 Å². The van der Waals surface area contributed by atoms with Crippen molar-refractivity contribution >= 4 is 34.8 Å². The van der Waals surface area contributed by atoms with Crippen molar-refractivity contribution in [2.45, 2.75) is 5.03 Å². The molecule has 0 aliphatic carbocycles. The minimum atomic E-state index is 0.704. The van der Waals surface area contributed by atoms with Crippen LogP contribution >= 0.6 is 34.8 Å². The van der Waals surface area contributed by atoms with E-state index in [0.717, 1.165) is 34.1 Å². The van der Waals surface area contributed by atoms with Gasteiger partial charge in [0, 0.05) is 11.8 Å². The van der Waals surface area contributed by atoms with Crippen LogP contribution in [0.25, 0.3) is 10.6 Å². The van der Waals surface area contributed by atoms with Crippen LogP contribution in [0.4, 0.5) is 0 Å². The van der Waals surface area contributed by atoms with Crippen molar-refractivity contribution in [2.24, 2.45) is 0 Å². The quantitative estimate of drug-likeness (QED) is 0.582. The predicted octanol–water partition coefficient (Wildman–Crippen LogP) is 2.84. The Labute approximate surface area is 87.4 Å². The summed E-state index contributed by atoms with van der Waals surface area (Å²) >= 11 is 3.80. The van der Waals surface area contributed by atoms with Gasteiger partial charge in [-0.2, -0.15) is 14.0 Å². The molecule has 64 valence electrons. The first-order chi connectivity index (χ1) is 6.42. The Bertz CT molecular complexity index is 426. The van der Waals surface area contributed by atoms with Crippen LogP contribution in [0.5, 0.6) is 0 Å². The molecule has 0 saturated carbocycles. The summed E-state index contributed by atoms with van der Waals surface area (Å²) in [4.78, 5) is 1.06. The molecule has 0 bridgehead atoms. The summed E-state index contributed by atoms with van der Waals surface area (Å²) in [7, 11) is 0. The van der Waals surface area contributed by atoms with Gasteiger partial charge in [-0.15, -0.1) is 11.3 Å². The zero-order chi connectivity index (χ0) is 9.10. The van der Waals surface area contributed by atoms with Gasteiger partial charge in [0.25, 0.3) is 0 Å². The Kier molecular flexibility index (Phi) is 2.59. The molecule has 13 heavy (non-hydrogen) atoms. The maximum atomic E-state index is 8.51. The first kappa shape index (κ1) is 8.69. The van der Waals surface area contributed by atoms with E-state index >= 15 is 0 Å². The highest BCUT2D eigenvalue weighted by Crippen LogP contribution is 2.31. The fourth-order valence-electron chi connectivity index (χ4n) is 0.854. The molecule has 0 aromatic carbocycles. The normalized spacial score (nSPS) is 9.77. The fourth-order valence-corrected chi connectivity index (χ4v) is 2.81. The zero-order valence-corrected chi connectivity index (χ0v) is 8.75. The lowest BCUT2D eigenvalue weighted by molar-refractivity contribution is 1.28. The molecule has 0 aliphatic heterocycles. The Balaban J connectivity index is 2.42. The van der Waals surface area contributed by atoms with Crippen molar-refractivity contribution in [1.29, 1.82) is 5.26 Å². The van der Waals surface area contributed by atoms with Crippen LogP contribution in [0, 0.1) is 10.7 Å². The van der Waals surface area contributed by atoms with Crippen molar-refractivity contribution < 1.29 is 0 Å². The van der Waals surface area contributed by atoms with E-state index in [-0.39, 0.29) is 0 Å². The van der Waals surface area contributed by atoms with Crippen LogP contribution in [-0.4, -0.2) is 8.75 Å². The minimum Gasteiger partial charge on any atom is -0.185 e. The number of rotatable bonds is 2. The second-order valence-corrected chi connectivity index (χ2v) is 4.34. The van der Waals surface area contributed by atoms with E-state index in [4.69, 9.17) is 5.26 Å². The van der Waals surface area contributed by atoms with Crippen molar-refractivity contribution in [1.82, 2.24) is 8.75 Å². The highest BCUT2D eigenvalue weighted by Gasteiger charge is 2.11. The van der Waals surface area contributed by atoms with Gasteiger partial charge in [0.1, 0.15) is 11.1 Å². The first-order valence-corrected chi connectivity index (χ1v) is 5.77. The van der Waals surface area contributed by atoms with Crippen molar-refractivity contribution in [3.05, 3.63) is 17.5 Å². The number of nitriles is 1. The fraction of sp³-hybridized carbons (Fsp3) is 0. The zero-order valence-electron chi connectivity index (χ0n) is 6.30. The van der Waals surface area contributed by atoms with Gasteiger partial charge in [0.15, 0.2) is 5.03 Å². The van der Waals surface area contributed by atoms with Gasteiger partial charge < -0.3 is 0 Å². The lowest BCUT2D eigenvalue weighted by Crippen LogP contribution is -1.74. The lowest BCUT2D eigenvalue weighted by atomic mass is 10.4. The number of aromatic nitrogens is 2. The monoisotopic (exact) mass is 225 g/mol. The molecule has 0 radical (unpaired) electrons. The summed E-state index contributed by atoms with van der Waals surface area (Å²) in [5.74, 6) is 0. The molecule has 0 spiro atoms. The second kappa shape index (κ2) is 3.87. The van der Waals surface area contributed by atoms with Crippen LogP contribution in [0.15, 0.2) is 22.5 Å². The Morgan fingerprint density at radius 1 is 1.46 bits per heavy atom. The third-order valence-corrected chi connectivity index (χ3v) is 3.45. The van der Waals surface area contributed by atoms with Crippen LogP contribution in [0.3, 0.4) is 0 Å². The third-order valence-electron chi connectivity index (χ3n) is 1.36. The Hall–Kier alpha value is -0.900. The van der Waals surface area contributed by atoms with Crippen molar-refractivity contribution in [3.63, 3.8) is 0 Å². The largest absolute Gasteiger partial charge is 0.185 e. The number of hydrogen-bond acceptors (Lipinski definition) is 6. The third kappa shape index (κ3) is 1.72. The number of nitrogens with zero attached hydrogens (tertiary/aromatic N) is 3. The summed E-state index contributed by atoms with van der Waals surface area (Å²) in [6.45, 7) is 0. The summed E-state index contributed by atoms with van der Waals surface area (Å²) < 4.78 is 8.19. The predicted molar refractivity (Wildman–Crippen MR) is 54.7 cm³/mol. The molecule has 0 unspecified atom stereocenters. The molecule has 3 nitrogen and oxygen atoms in total. The van der Waals surface area contributed by atoms with E-state index in [9.17, 15) is 0 Å². The van der Waals surface area contributed by atoms with Gasteiger partial charge in [-0.05, 0) is 11.4 Å². The number of thioether (sulfide) groups is 1. The molecular formula is C7H3N3S3. The molecule has 2 aromatic rings. The maximum Gasteiger partial charge on any atom is 0.153 e. The molecular weight excluding hydrogens is 222 g/mol. The van der Waals surface area contributed by atoms with E-state index in [2.05, 4.69) is 8.75 Å². The van der Waals surface area contributed by atoms with Crippen LogP contribution < -0.4 is 0 Å². The summed E-state index contributed by atoms with van der Waals surface area (Å²) in [6.07, 6.45) is 0. The van der Waals surface area contributed by atoms with E-state index in [1.54, 1.807) is 11.3 Å². The first-order valence-electron chi connectivity index (χ1n) is 3.34. The van der Waals surface area contributed by atoms with Crippen molar-refractivity contribution in [2.75, 3.05) is 0 Å². The van der Waals surface area contributed by atoms with E-state index in [1.165, 1.54) is 0 Å². The van der Waals surface area contributed by atoms with Crippen LogP contribution in [0.2, 0.25) is 0 Å². The van der Waals surface area contributed by atoms with Gasteiger partial charge in [-0.1, -0.05) is 6.07 Å². The standard InChI is InChI=1S/C7H3N3S3/c8-4-12-7-6(9-13-10-7)5-2-1-3-11-5/h1-3H. The molecule has 0 atom stereocenters. The molecule has 2 heterocycles. The van der Waals surface area contributed by atoms with E-state index < -0.39 is 0 Å². The topological polar surface area (TPSA) is 49.6 Å². The molecule has 0 N–H and O–H groups in total. The highest BCUT2D eigenvalue weighted by molar-refractivity contribution is 8.03. The van der Waals surface area contributed by atoms with Gasteiger partial charge >= 0.3 is 0 Å². The SMILES string of the molecule is N#CSc1nsnc1-c1cccs1. The molecule has 0 saturated heterocycles. The van der Waals surface area contributed by atoms with Gasteiger partial charge in [-0.3, -0.25) is 0 Å². The number of thiocyanates is 1. The Morgan fingerprint density at radius 3 is 3.08 bits per heavy atom. The van der Waals surface area contributed by atoms with Gasteiger partial charge in [0.2, 0.25) is 0 Å². The summed E-state index contributed by atoms with van der Waals surface area (Å²) in [5.41, 5.74) is 0.826. The Morgan fingerprint density at radius 2 is 2.38 bits per heavy atom. The molecule has 6 heteroatoms. The average molecular weight is 225 g/mol. The van der Waals surface area contributed by atoms with Crippen molar-refractivity contribution in [3.8, 4) is 16.0 Å². The average Bonchev–Trinajstić information content (AvgIpc) is 2.71. The molecule has 0 fully saturated rings. The number of hydrogen-bond donors (Lipinski definition) is 0. The molecule has 0 amide bonds. The summed E-state index contributed by atoms with van der Waals surface area (Å²) in [5, 5.41) is 13.2. The van der Waals surface area contributed by atoms with E-state index in [0.29, 0.717) is 5.03 Å². The minimum absolute atomic E-state index is 0.704. The molecule has 2 aromatic heterocycles. The van der Waals surface area contributed by atoms with Crippen LogP contribution in [-0.2, 0) is 0 Å². The van der Waals surface area contributed by atoms with Crippen LogP contribution in [0.1, 0.15) is 0 Å².